The van der Waals surface area contributed by atoms with Crippen LogP contribution in [0.1, 0.15) is 0 Å². The van der Waals surface area contributed by atoms with Gasteiger partial charge in [-0.15, -0.1) is 0 Å². The molecule has 0 radical (unpaired) electrons. The predicted molar refractivity (Wildman–Crippen MR) is 66.9 cm³/mol. The molecule has 0 aliphatic carbocycles. The molecule has 0 unspecified atom stereocenters. The maximum Gasteiger partial charge on any atom is 0.197 e. The summed E-state index contributed by atoms with van der Waals surface area (Å²) in [5, 5.41) is 1.28. The molecule has 0 atom stereocenters. The largest absolute Gasteiger partial charge is 0.383 e. The van der Waals surface area contributed by atoms with Crippen LogP contribution >= 0.6 is 27.7 Å². The summed E-state index contributed by atoms with van der Waals surface area (Å²) in [4.78, 5) is 12.3. The van der Waals surface area contributed by atoms with Crippen molar-refractivity contribution in [2.75, 3.05) is 11.5 Å². The molecule has 0 fully saturated rings. The highest BCUT2D eigenvalue weighted by Crippen LogP contribution is 2.24. The molecule has 0 saturated carbocycles. The second-order valence-electron chi connectivity index (χ2n) is 2.92. The van der Waals surface area contributed by atoms with Gasteiger partial charge in [0.05, 0.1) is 0 Å². The summed E-state index contributed by atoms with van der Waals surface area (Å²) in [5.41, 5.74) is 11.1. The van der Waals surface area contributed by atoms with Crippen LogP contribution < -0.4 is 11.5 Å². The lowest BCUT2D eigenvalue weighted by Crippen LogP contribution is -1.99. The molecule has 2 aromatic rings. The summed E-state index contributed by atoms with van der Waals surface area (Å²) in [6.45, 7) is 0. The molecule has 4 N–H and O–H groups in total. The van der Waals surface area contributed by atoms with Gasteiger partial charge in [0.2, 0.25) is 0 Å². The molecule has 2 heterocycles. The van der Waals surface area contributed by atoms with Gasteiger partial charge in [0, 0.05) is 16.7 Å². The SMILES string of the molecule is Nc1cc(N)nc(Sc2ccc(Br)cn2)n1. The van der Waals surface area contributed by atoms with Crippen molar-refractivity contribution < 1.29 is 0 Å². The Hall–Kier alpha value is -1.34. The third-order valence-corrected chi connectivity index (χ3v) is 2.93. The maximum absolute atomic E-state index is 5.56. The number of nitrogens with two attached hydrogens (primary N) is 2. The summed E-state index contributed by atoms with van der Waals surface area (Å²) < 4.78 is 0.921. The summed E-state index contributed by atoms with van der Waals surface area (Å²) in [5.74, 6) is 0.708. The molecular formula is C9H8BrN5S. The van der Waals surface area contributed by atoms with Crippen molar-refractivity contribution in [1.29, 1.82) is 0 Å². The van der Waals surface area contributed by atoms with Crippen molar-refractivity contribution in [2.24, 2.45) is 0 Å². The van der Waals surface area contributed by atoms with E-state index in [0.29, 0.717) is 16.8 Å². The Morgan fingerprint density at radius 1 is 1.12 bits per heavy atom. The molecule has 5 nitrogen and oxygen atoms in total. The Morgan fingerprint density at radius 3 is 2.38 bits per heavy atom. The Morgan fingerprint density at radius 2 is 1.81 bits per heavy atom. The number of hydrogen-bond acceptors (Lipinski definition) is 6. The van der Waals surface area contributed by atoms with Gasteiger partial charge in [0.1, 0.15) is 16.7 Å². The van der Waals surface area contributed by atoms with Gasteiger partial charge in [0.25, 0.3) is 0 Å². The number of rotatable bonds is 2. The normalized spacial score (nSPS) is 10.3. The highest BCUT2D eigenvalue weighted by Gasteiger charge is 2.04. The molecule has 16 heavy (non-hydrogen) atoms. The average molecular weight is 298 g/mol. The van der Waals surface area contributed by atoms with Gasteiger partial charge in [0.15, 0.2) is 5.16 Å². The van der Waals surface area contributed by atoms with E-state index in [4.69, 9.17) is 11.5 Å². The van der Waals surface area contributed by atoms with Gasteiger partial charge in [-0.1, -0.05) is 0 Å². The summed E-state index contributed by atoms with van der Waals surface area (Å²) >= 11 is 4.62. The first kappa shape index (κ1) is 11.2. The number of anilines is 2. The van der Waals surface area contributed by atoms with E-state index in [2.05, 4.69) is 30.9 Å². The molecule has 2 aromatic heterocycles. The van der Waals surface area contributed by atoms with E-state index >= 15 is 0 Å². The van der Waals surface area contributed by atoms with Crippen molar-refractivity contribution in [3.05, 3.63) is 28.9 Å². The quantitative estimate of drug-likeness (QED) is 0.823. The molecule has 7 heteroatoms. The molecule has 82 valence electrons. The Balaban J connectivity index is 2.23. The number of halogens is 1. The van der Waals surface area contributed by atoms with Crippen LogP contribution in [0.4, 0.5) is 11.6 Å². The summed E-state index contributed by atoms with van der Waals surface area (Å²) in [6.07, 6.45) is 1.71. The number of pyridine rings is 1. The van der Waals surface area contributed by atoms with Crippen molar-refractivity contribution >= 4 is 39.3 Å². The van der Waals surface area contributed by atoms with Crippen molar-refractivity contribution in [2.45, 2.75) is 10.2 Å². The topological polar surface area (TPSA) is 90.7 Å². The fourth-order valence-electron chi connectivity index (χ4n) is 1.02. The van der Waals surface area contributed by atoms with Crippen LogP contribution in [-0.4, -0.2) is 15.0 Å². The van der Waals surface area contributed by atoms with Crippen LogP contribution in [0.2, 0.25) is 0 Å². The van der Waals surface area contributed by atoms with E-state index in [9.17, 15) is 0 Å². The summed E-state index contributed by atoms with van der Waals surface area (Å²) in [6, 6.07) is 5.27. The summed E-state index contributed by atoms with van der Waals surface area (Å²) in [7, 11) is 0. The second-order valence-corrected chi connectivity index (χ2v) is 4.82. The molecule has 0 bridgehead atoms. The Kier molecular flexibility index (Phi) is 3.25. The van der Waals surface area contributed by atoms with E-state index in [-0.39, 0.29) is 0 Å². The Bertz CT molecular complexity index is 482. The molecule has 0 aliphatic rings. The molecule has 2 rings (SSSR count). The standard InChI is InChI=1S/C9H8BrN5S/c10-5-1-2-8(13-4-5)16-9-14-6(11)3-7(12)15-9/h1-4H,(H4,11,12,14,15). The number of aromatic nitrogens is 3. The van der Waals surface area contributed by atoms with Gasteiger partial charge < -0.3 is 11.5 Å². The second kappa shape index (κ2) is 4.67. The zero-order chi connectivity index (χ0) is 11.5. The molecule has 0 aliphatic heterocycles. The molecule has 0 aromatic carbocycles. The van der Waals surface area contributed by atoms with Gasteiger partial charge in [-0.05, 0) is 39.8 Å². The van der Waals surface area contributed by atoms with Crippen molar-refractivity contribution in [3.63, 3.8) is 0 Å². The smallest absolute Gasteiger partial charge is 0.197 e. The van der Waals surface area contributed by atoms with E-state index < -0.39 is 0 Å². The third kappa shape index (κ3) is 2.83. The first-order chi connectivity index (χ1) is 7.63. The fourth-order valence-corrected chi connectivity index (χ4v) is 1.99. The highest BCUT2D eigenvalue weighted by atomic mass is 79.9. The van der Waals surface area contributed by atoms with Crippen molar-refractivity contribution in [3.8, 4) is 0 Å². The molecule has 0 spiro atoms. The Labute approximate surface area is 105 Å². The molecule has 0 saturated heterocycles. The van der Waals surface area contributed by atoms with Gasteiger partial charge in [-0.3, -0.25) is 0 Å². The van der Waals surface area contributed by atoms with Crippen molar-refractivity contribution in [1.82, 2.24) is 15.0 Å². The van der Waals surface area contributed by atoms with E-state index in [0.717, 1.165) is 9.50 Å². The lowest BCUT2D eigenvalue weighted by atomic mass is 10.5. The first-order valence-electron chi connectivity index (χ1n) is 4.33. The predicted octanol–water partition coefficient (Wildman–Crippen LogP) is 1.95. The van der Waals surface area contributed by atoms with E-state index in [1.54, 1.807) is 6.20 Å². The minimum absolute atomic E-state index is 0.354. The zero-order valence-corrected chi connectivity index (χ0v) is 10.5. The number of nitrogens with zero attached hydrogens (tertiary/aromatic N) is 3. The average Bonchev–Trinajstić information content (AvgIpc) is 2.20. The van der Waals surface area contributed by atoms with E-state index in [1.807, 2.05) is 12.1 Å². The minimum Gasteiger partial charge on any atom is -0.383 e. The van der Waals surface area contributed by atoms with Gasteiger partial charge >= 0.3 is 0 Å². The van der Waals surface area contributed by atoms with Crippen LogP contribution in [-0.2, 0) is 0 Å². The monoisotopic (exact) mass is 297 g/mol. The molecular weight excluding hydrogens is 290 g/mol. The van der Waals surface area contributed by atoms with E-state index in [1.165, 1.54) is 17.8 Å². The van der Waals surface area contributed by atoms with Crippen LogP contribution in [0.5, 0.6) is 0 Å². The van der Waals surface area contributed by atoms with Crippen LogP contribution in [0, 0.1) is 0 Å². The highest BCUT2D eigenvalue weighted by molar-refractivity contribution is 9.10. The van der Waals surface area contributed by atoms with Crippen LogP contribution in [0.15, 0.2) is 39.1 Å². The fraction of sp³-hybridized carbons (Fsp3) is 0. The van der Waals surface area contributed by atoms with Gasteiger partial charge in [-0.2, -0.15) is 0 Å². The first-order valence-corrected chi connectivity index (χ1v) is 5.94. The van der Waals surface area contributed by atoms with Crippen LogP contribution in [0.3, 0.4) is 0 Å². The third-order valence-electron chi connectivity index (χ3n) is 1.64. The zero-order valence-electron chi connectivity index (χ0n) is 8.09. The maximum atomic E-state index is 5.56. The lowest BCUT2D eigenvalue weighted by molar-refractivity contribution is 0.976. The molecule has 0 amide bonds. The lowest BCUT2D eigenvalue weighted by Gasteiger charge is -2.01. The number of nitrogen functional groups attached to an aromatic ring is 2. The minimum atomic E-state index is 0.354. The number of hydrogen-bond donors (Lipinski definition) is 2. The van der Waals surface area contributed by atoms with Gasteiger partial charge in [-0.25, -0.2) is 15.0 Å². The van der Waals surface area contributed by atoms with Crippen LogP contribution in [0.25, 0.3) is 0 Å².